The Bertz CT molecular complexity index is 960. The topological polar surface area (TPSA) is 49.7 Å². The standard InChI is InChI=1S/C28H34O3/c1-3-4-5-6-7-8-9-18-31-28-17-16-25(20-27(28)30)23-14-12-22(13-15-23)24-11-10-21(2)26(29)19-24/h10-17,19-20,29-30H,3-9,18H2,1-2H3. The molecule has 0 spiro atoms. The number of hydrogen-bond acceptors (Lipinski definition) is 3. The van der Waals surface area contributed by atoms with Crippen LogP contribution in [0.4, 0.5) is 0 Å². The van der Waals surface area contributed by atoms with Crippen LogP contribution < -0.4 is 4.74 Å². The first kappa shape index (κ1) is 22.7. The van der Waals surface area contributed by atoms with Crippen LogP contribution >= 0.6 is 0 Å². The monoisotopic (exact) mass is 418 g/mol. The lowest BCUT2D eigenvalue weighted by Gasteiger charge is -2.11. The highest BCUT2D eigenvalue weighted by Crippen LogP contribution is 2.33. The third-order valence-electron chi connectivity index (χ3n) is 5.73. The average Bonchev–Trinajstić information content (AvgIpc) is 2.78. The van der Waals surface area contributed by atoms with E-state index in [0.29, 0.717) is 18.1 Å². The summed E-state index contributed by atoms with van der Waals surface area (Å²) in [6.07, 6.45) is 8.68. The van der Waals surface area contributed by atoms with Crippen LogP contribution in [0.3, 0.4) is 0 Å². The molecule has 0 saturated heterocycles. The Hall–Kier alpha value is -2.94. The van der Waals surface area contributed by atoms with Crippen LogP contribution in [0.1, 0.15) is 57.4 Å². The van der Waals surface area contributed by atoms with Gasteiger partial charge in [-0.3, -0.25) is 0 Å². The zero-order valence-electron chi connectivity index (χ0n) is 18.7. The van der Waals surface area contributed by atoms with Gasteiger partial charge in [0.05, 0.1) is 6.61 Å². The molecule has 3 rings (SSSR count). The molecule has 0 amide bonds. The number of ether oxygens (including phenoxy) is 1. The van der Waals surface area contributed by atoms with Gasteiger partial charge in [-0.1, -0.05) is 87.9 Å². The number of unbranched alkanes of at least 4 members (excludes halogenated alkanes) is 6. The molecule has 3 aromatic rings. The molecule has 3 heteroatoms. The van der Waals surface area contributed by atoms with Gasteiger partial charge in [-0.2, -0.15) is 0 Å². The molecule has 0 atom stereocenters. The molecule has 2 N–H and O–H groups in total. The van der Waals surface area contributed by atoms with Crippen molar-refractivity contribution in [2.75, 3.05) is 6.61 Å². The summed E-state index contributed by atoms with van der Waals surface area (Å²) in [4.78, 5) is 0. The lowest BCUT2D eigenvalue weighted by Crippen LogP contribution is -1.97. The minimum Gasteiger partial charge on any atom is -0.508 e. The van der Waals surface area contributed by atoms with E-state index >= 15 is 0 Å². The molecule has 0 radical (unpaired) electrons. The summed E-state index contributed by atoms with van der Waals surface area (Å²) in [6.45, 7) is 4.76. The van der Waals surface area contributed by atoms with E-state index in [2.05, 4.69) is 6.92 Å². The van der Waals surface area contributed by atoms with E-state index in [9.17, 15) is 10.2 Å². The van der Waals surface area contributed by atoms with E-state index in [0.717, 1.165) is 34.2 Å². The number of aryl methyl sites for hydroxylation is 1. The molecule has 0 unspecified atom stereocenters. The fraction of sp³-hybridized carbons (Fsp3) is 0.357. The summed E-state index contributed by atoms with van der Waals surface area (Å²) in [7, 11) is 0. The normalized spacial score (nSPS) is 10.9. The minimum absolute atomic E-state index is 0.174. The summed E-state index contributed by atoms with van der Waals surface area (Å²) in [5.74, 6) is 1.02. The Morgan fingerprint density at radius 2 is 1.13 bits per heavy atom. The maximum Gasteiger partial charge on any atom is 0.160 e. The first-order valence-electron chi connectivity index (χ1n) is 11.4. The summed E-state index contributed by atoms with van der Waals surface area (Å²) < 4.78 is 5.78. The van der Waals surface area contributed by atoms with E-state index in [4.69, 9.17) is 4.74 Å². The summed E-state index contributed by atoms with van der Waals surface area (Å²) >= 11 is 0. The smallest absolute Gasteiger partial charge is 0.160 e. The fourth-order valence-corrected chi connectivity index (χ4v) is 3.70. The second kappa shape index (κ2) is 11.5. The molecular formula is C28H34O3. The van der Waals surface area contributed by atoms with Gasteiger partial charge in [-0.15, -0.1) is 0 Å². The molecule has 0 bridgehead atoms. The fourth-order valence-electron chi connectivity index (χ4n) is 3.70. The third kappa shape index (κ3) is 6.52. The van der Waals surface area contributed by atoms with Gasteiger partial charge >= 0.3 is 0 Å². The predicted octanol–water partition coefficient (Wildman–Crippen LogP) is 7.87. The Labute approximate surface area is 186 Å². The summed E-state index contributed by atoms with van der Waals surface area (Å²) in [5, 5.41) is 20.3. The maximum atomic E-state index is 10.4. The quantitative estimate of drug-likeness (QED) is 0.311. The van der Waals surface area contributed by atoms with Crippen molar-refractivity contribution in [1.29, 1.82) is 0 Å². The van der Waals surface area contributed by atoms with Crippen LogP contribution in [0.25, 0.3) is 22.3 Å². The van der Waals surface area contributed by atoms with Crippen molar-refractivity contribution in [3.8, 4) is 39.5 Å². The molecular weight excluding hydrogens is 384 g/mol. The molecule has 0 fully saturated rings. The second-order valence-electron chi connectivity index (χ2n) is 8.23. The van der Waals surface area contributed by atoms with E-state index in [1.54, 1.807) is 12.1 Å². The van der Waals surface area contributed by atoms with Crippen molar-refractivity contribution in [3.63, 3.8) is 0 Å². The Morgan fingerprint density at radius 1 is 0.613 bits per heavy atom. The van der Waals surface area contributed by atoms with Crippen molar-refractivity contribution in [1.82, 2.24) is 0 Å². The second-order valence-corrected chi connectivity index (χ2v) is 8.23. The molecule has 3 nitrogen and oxygen atoms in total. The predicted molar refractivity (Wildman–Crippen MR) is 129 cm³/mol. The van der Waals surface area contributed by atoms with Gasteiger partial charge in [0.15, 0.2) is 11.5 Å². The highest BCUT2D eigenvalue weighted by molar-refractivity contribution is 5.72. The van der Waals surface area contributed by atoms with Crippen LogP contribution in [0.2, 0.25) is 0 Å². The number of hydrogen-bond donors (Lipinski definition) is 2. The zero-order valence-corrected chi connectivity index (χ0v) is 18.7. The van der Waals surface area contributed by atoms with Gasteiger partial charge in [0.1, 0.15) is 5.75 Å². The number of benzene rings is 3. The molecule has 0 saturated carbocycles. The van der Waals surface area contributed by atoms with Crippen LogP contribution in [-0.2, 0) is 0 Å². The highest BCUT2D eigenvalue weighted by atomic mass is 16.5. The lowest BCUT2D eigenvalue weighted by atomic mass is 9.99. The first-order chi connectivity index (χ1) is 15.1. The molecule has 3 aromatic carbocycles. The molecule has 31 heavy (non-hydrogen) atoms. The Morgan fingerprint density at radius 3 is 1.71 bits per heavy atom. The van der Waals surface area contributed by atoms with Crippen LogP contribution in [0.15, 0.2) is 60.7 Å². The van der Waals surface area contributed by atoms with E-state index in [1.165, 1.54) is 38.5 Å². The first-order valence-corrected chi connectivity index (χ1v) is 11.4. The largest absolute Gasteiger partial charge is 0.508 e. The average molecular weight is 419 g/mol. The maximum absolute atomic E-state index is 10.4. The molecule has 164 valence electrons. The van der Waals surface area contributed by atoms with Crippen LogP contribution in [0, 0.1) is 6.92 Å². The van der Waals surface area contributed by atoms with Crippen LogP contribution in [-0.4, -0.2) is 16.8 Å². The van der Waals surface area contributed by atoms with Crippen molar-refractivity contribution >= 4 is 0 Å². The number of aromatic hydroxyl groups is 2. The molecule has 0 aliphatic rings. The third-order valence-corrected chi connectivity index (χ3v) is 5.73. The van der Waals surface area contributed by atoms with E-state index in [1.807, 2.05) is 55.5 Å². The zero-order chi connectivity index (χ0) is 22.1. The SMILES string of the molecule is CCCCCCCCCOc1ccc(-c2ccc(-c3ccc(C)c(O)c3)cc2)cc1O. The molecule has 0 aliphatic heterocycles. The van der Waals surface area contributed by atoms with E-state index in [-0.39, 0.29) is 5.75 Å². The molecule has 0 heterocycles. The molecule has 0 aliphatic carbocycles. The van der Waals surface area contributed by atoms with Crippen molar-refractivity contribution < 1.29 is 14.9 Å². The van der Waals surface area contributed by atoms with Gasteiger partial charge in [0.25, 0.3) is 0 Å². The van der Waals surface area contributed by atoms with E-state index < -0.39 is 0 Å². The minimum atomic E-state index is 0.174. The molecule has 0 aromatic heterocycles. The number of phenols is 2. The number of phenolic OH excluding ortho intramolecular Hbond substituents is 2. The Kier molecular flexibility index (Phi) is 8.40. The van der Waals surface area contributed by atoms with Crippen molar-refractivity contribution in [2.24, 2.45) is 0 Å². The lowest BCUT2D eigenvalue weighted by molar-refractivity contribution is 0.289. The summed E-state index contributed by atoms with van der Waals surface area (Å²) in [5.41, 5.74) is 4.85. The number of rotatable bonds is 11. The highest BCUT2D eigenvalue weighted by Gasteiger charge is 2.07. The van der Waals surface area contributed by atoms with Gasteiger partial charge in [0.2, 0.25) is 0 Å². The van der Waals surface area contributed by atoms with Gasteiger partial charge < -0.3 is 14.9 Å². The van der Waals surface area contributed by atoms with Gasteiger partial charge in [-0.25, -0.2) is 0 Å². The van der Waals surface area contributed by atoms with Crippen molar-refractivity contribution in [2.45, 2.75) is 58.8 Å². The summed E-state index contributed by atoms with van der Waals surface area (Å²) in [6, 6.07) is 19.4. The van der Waals surface area contributed by atoms with Crippen LogP contribution in [0.5, 0.6) is 17.2 Å². The van der Waals surface area contributed by atoms with Gasteiger partial charge in [0, 0.05) is 0 Å². The Balaban J connectivity index is 1.55. The van der Waals surface area contributed by atoms with Crippen molar-refractivity contribution in [3.05, 3.63) is 66.2 Å². The van der Waals surface area contributed by atoms with Gasteiger partial charge in [-0.05, 0) is 59.4 Å².